The van der Waals surface area contributed by atoms with E-state index < -0.39 is 11.0 Å². The van der Waals surface area contributed by atoms with Gasteiger partial charge in [-0.15, -0.1) is 0 Å². The standard InChI is InChI=1S/C13H16O4/c1-11-3-4-12(16)6(5-11)8(14)7-9(11)13(7,12)10(15)17-2/h6-7,9,16H,3-5H2,1-2H3/t6-,7-,9-,11+,12+,13-/m0/s1. The Morgan fingerprint density at radius 1 is 1.47 bits per heavy atom. The van der Waals surface area contributed by atoms with Crippen molar-refractivity contribution >= 4 is 11.8 Å². The molecule has 92 valence electrons. The van der Waals surface area contributed by atoms with Crippen LogP contribution in [0.25, 0.3) is 0 Å². The van der Waals surface area contributed by atoms with Gasteiger partial charge in [0.15, 0.2) is 0 Å². The van der Waals surface area contributed by atoms with Gasteiger partial charge < -0.3 is 9.84 Å². The van der Waals surface area contributed by atoms with Crippen LogP contribution in [0.15, 0.2) is 0 Å². The molecule has 0 saturated heterocycles. The Morgan fingerprint density at radius 2 is 2.18 bits per heavy atom. The molecule has 4 heteroatoms. The second kappa shape index (κ2) is 2.30. The van der Waals surface area contributed by atoms with Crippen LogP contribution in [0.4, 0.5) is 0 Å². The van der Waals surface area contributed by atoms with E-state index in [0.29, 0.717) is 6.42 Å². The van der Waals surface area contributed by atoms with Crippen LogP contribution in [0, 0.1) is 28.6 Å². The molecule has 0 radical (unpaired) electrons. The van der Waals surface area contributed by atoms with E-state index in [-0.39, 0.29) is 34.9 Å². The maximum atomic E-state index is 12.2. The summed E-state index contributed by atoms with van der Waals surface area (Å²) in [5.41, 5.74) is -1.93. The largest absolute Gasteiger partial charge is 0.468 e. The zero-order chi connectivity index (χ0) is 12.2. The van der Waals surface area contributed by atoms with Gasteiger partial charge in [-0.1, -0.05) is 6.92 Å². The van der Waals surface area contributed by atoms with E-state index in [1.807, 2.05) is 0 Å². The molecule has 6 aliphatic rings. The molecule has 0 aliphatic heterocycles. The number of esters is 1. The van der Waals surface area contributed by atoms with E-state index in [1.165, 1.54) is 7.11 Å². The van der Waals surface area contributed by atoms with Crippen LogP contribution in [0.2, 0.25) is 0 Å². The van der Waals surface area contributed by atoms with Crippen molar-refractivity contribution in [3.05, 3.63) is 0 Å². The van der Waals surface area contributed by atoms with Crippen molar-refractivity contribution < 1.29 is 19.4 Å². The number of ether oxygens (including phenoxy) is 1. The Morgan fingerprint density at radius 3 is 2.82 bits per heavy atom. The molecular weight excluding hydrogens is 220 g/mol. The molecule has 0 aromatic heterocycles. The minimum atomic E-state index is -1.11. The van der Waals surface area contributed by atoms with Gasteiger partial charge in [0.25, 0.3) is 0 Å². The highest BCUT2D eigenvalue weighted by atomic mass is 16.5. The number of fused-ring (bicyclic) bond motifs is 1. The fourth-order valence-corrected chi connectivity index (χ4v) is 5.58. The van der Waals surface area contributed by atoms with Crippen LogP contribution in [0.5, 0.6) is 0 Å². The number of rotatable bonds is 1. The van der Waals surface area contributed by atoms with Crippen molar-refractivity contribution in [3.63, 3.8) is 0 Å². The molecule has 17 heavy (non-hydrogen) atoms. The number of carbonyl (C=O) groups is 2. The molecule has 0 heterocycles. The summed E-state index contributed by atoms with van der Waals surface area (Å²) in [5.74, 6) is -0.809. The number of aliphatic hydroxyl groups is 1. The minimum Gasteiger partial charge on any atom is -0.468 e. The van der Waals surface area contributed by atoms with Crippen LogP contribution < -0.4 is 0 Å². The average Bonchev–Trinajstić information content (AvgIpc) is 2.99. The maximum absolute atomic E-state index is 12.2. The molecule has 4 nitrogen and oxygen atoms in total. The first-order chi connectivity index (χ1) is 7.93. The highest BCUT2D eigenvalue weighted by Gasteiger charge is 2.95. The van der Waals surface area contributed by atoms with E-state index >= 15 is 0 Å². The highest BCUT2D eigenvalue weighted by Crippen LogP contribution is 2.87. The third-order valence-corrected chi connectivity index (χ3v) is 6.17. The lowest BCUT2D eigenvalue weighted by Gasteiger charge is -2.55. The summed E-state index contributed by atoms with van der Waals surface area (Å²) < 4.78 is 4.89. The summed E-state index contributed by atoms with van der Waals surface area (Å²) in [6, 6.07) is 0. The molecule has 0 unspecified atom stereocenters. The Labute approximate surface area is 99.3 Å². The Kier molecular flexibility index (Phi) is 1.36. The molecule has 0 aromatic rings. The summed E-state index contributed by atoms with van der Waals surface area (Å²) in [6.07, 6.45) is 2.25. The van der Waals surface area contributed by atoms with Gasteiger partial charge in [-0.05, 0) is 30.6 Å². The fraction of sp³-hybridized carbons (Fsp3) is 0.846. The van der Waals surface area contributed by atoms with Gasteiger partial charge in [0.2, 0.25) is 0 Å². The average molecular weight is 236 g/mol. The van der Waals surface area contributed by atoms with Crippen LogP contribution in [0.3, 0.4) is 0 Å². The predicted molar refractivity (Wildman–Crippen MR) is 56.8 cm³/mol. The van der Waals surface area contributed by atoms with Gasteiger partial charge in [-0.3, -0.25) is 9.59 Å². The predicted octanol–water partition coefficient (Wildman–Crippen LogP) is 0.526. The van der Waals surface area contributed by atoms with Crippen LogP contribution in [0.1, 0.15) is 26.2 Å². The third kappa shape index (κ3) is 0.672. The summed E-state index contributed by atoms with van der Waals surface area (Å²) in [7, 11) is 1.35. The number of hydrogen-bond acceptors (Lipinski definition) is 4. The first kappa shape index (κ1) is 10.1. The van der Waals surface area contributed by atoms with E-state index in [4.69, 9.17) is 4.74 Å². The van der Waals surface area contributed by atoms with E-state index in [2.05, 4.69) is 6.92 Å². The highest BCUT2D eigenvalue weighted by molar-refractivity contribution is 6.04. The normalized spacial score (nSPS) is 61.6. The number of ketones is 1. The van der Waals surface area contributed by atoms with Crippen molar-refractivity contribution in [1.29, 1.82) is 0 Å². The number of Topliss-reactive ketones (excluding diaryl/α,β-unsaturated/α-hetero) is 1. The van der Waals surface area contributed by atoms with Crippen molar-refractivity contribution in [2.75, 3.05) is 7.11 Å². The topological polar surface area (TPSA) is 63.6 Å². The molecule has 0 spiro atoms. The lowest BCUT2D eigenvalue weighted by Crippen LogP contribution is -2.61. The molecule has 6 atom stereocenters. The van der Waals surface area contributed by atoms with Crippen molar-refractivity contribution in [2.45, 2.75) is 31.8 Å². The molecular formula is C13H16O4. The van der Waals surface area contributed by atoms with Crippen molar-refractivity contribution in [2.24, 2.45) is 28.6 Å². The minimum absolute atomic E-state index is 0.0266. The van der Waals surface area contributed by atoms with Crippen LogP contribution in [-0.2, 0) is 14.3 Å². The quantitative estimate of drug-likeness (QED) is 0.674. The first-order valence-electron chi connectivity index (χ1n) is 6.28. The molecule has 6 bridgehead atoms. The molecule has 6 aliphatic carbocycles. The fourth-order valence-electron chi connectivity index (χ4n) is 5.58. The number of hydrogen-bond donors (Lipinski definition) is 1. The monoisotopic (exact) mass is 236 g/mol. The molecule has 0 amide bonds. The summed E-state index contributed by atoms with van der Waals surface area (Å²) >= 11 is 0. The van der Waals surface area contributed by atoms with Gasteiger partial charge in [0, 0.05) is 11.8 Å². The van der Waals surface area contributed by atoms with Gasteiger partial charge in [0.1, 0.15) is 11.2 Å². The van der Waals surface area contributed by atoms with E-state index in [1.54, 1.807) is 0 Å². The Balaban J connectivity index is 1.95. The van der Waals surface area contributed by atoms with Gasteiger partial charge >= 0.3 is 5.97 Å². The molecule has 6 rings (SSSR count). The second-order valence-electron chi connectivity index (χ2n) is 6.55. The van der Waals surface area contributed by atoms with Gasteiger partial charge in [-0.2, -0.15) is 0 Å². The van der Waals surface area contributed by atoms with Crippen LogP contribution >= 0.6 is 0 Å². The molecule has 1 N–H and O–H groups in total. The molecule has 6 saturated carbocycles. The maximum Gasteiger partial charge on any atom is 0.315 e. The number of carbonyl (C=O) groups excluding carboxylic acids is 2. The Bertz CT molecular complexity index is 472. The molecule has 6 fully saturated rings. The summed E-state index contributed by atoms with van der Waals surface area (Å²) in [4.78, 5) is 24.3. The lowest BCUT2D eigenvalue weighted by molar-refractivity contribution is -0.196. The summed E-state index contributed by atoms with van der Waals surface area (Å²) in [6.45, 7) is 2.16. The van der Waals surface area contributed by atoms with Crippen molar-refractivity contribution in [1.82, 2.24) is 0 Å². The second-order valence-corrected chi connectivity index (χ2v) is 6.55. The summed E-state index contributed by atoms with van der Waals surface area (Å²) in [5, 5.41) is 10.9. The Hall–Kier alpha value is -0.900. The van der Waals surface area contributed by atoms with E-state index in [9.17, 15) is 14.7 Å². The van der Waals surface area contributed by atoms with Gasteiger partial charge in [-0.25, -0.2) is 0 Å². The smallest absolute Gasteiger partial charge is 0.315 e. The first-order valence-corrected chi connectivity index (χ1v) is 6.28. The van der Waals surface area contributed by atoms with Gasteiger partial charge in [0.05, 0.1) is 12.7 Å². The number of methoxy groups -OCH3 is 1. The van der Waals surface area contributed by atoms with E-state index in [0.717, 1.165) is 12.8 Å². The van der Waals surface area contributed by atoms with Crippen LogP contribution in [-0.4, -0.2) is 29.6 Å². The zero-order valence-electron chi connectivity index (χ0n) is 10.0. The zero-order valence-corrected chi connectivity index (χ0v) is 10.0. The third-order valence-electron chi connectivity index (χ3n) is 6.17. The lowest BCUT2D eigenvalue weighted by atomic mass is 9.50. The van der Waals surface area contributed by atoms with Crippen molar-refractivity contribution in [3.8, 4) is 0 Å². The molecule has 0 aromatic carbocycles. The SMILES string of the molecule is COC(=O)[C@@]12[C@H]3C(=O)[C@@H]4C[C@@](C)(CC[C@@]41O)[C@H]32.